The number of nitriles is 1. The molecule has 1 aliphatic heterocycles. The minimum Gasteiger partial charge on any atom is -0.369 e. The summed E-state index contributed by atoms with van der Waals surface area (Å²) in [5.74, 6) is -1.87. The SMILES string of the molecule is CC1CN(c2ccc(C#N)cc2C(F)(F)F)CCN1S(=O)c1ccc(C(O)(C(=O)N=CN(C)C)C(F)(F)F)s1. The van der Waals surface area contributed by atoms with E-state index in [4.69, 9.17) is 5.26 Å². The number of anilines is 1. The lowest BCUT2D eigenvalue weighted by molar-refractivity contribution is -0.254. The van der Waals surface area contributed by atoms with Crippen LogP contribution in [-0.2, 0) is 27.6 Å². The number of thiophene rings is 1. The molecule has 0 aliphatic carbocycles. The largest absolute Gasteiger partial charge is 0.431 e. The molecule has 3 atom stereocenters. The van der Waals surface area contributed by atoms with Gasteiger partial charge in [-0.05, 0) is 37.3 Å². The van der Waals surface area contributed by atoms with Crippen LogP contribution in [0.3, 0.4) is 0 Å². The monoisotopic (exact) mass is 595 g/mol. The van der Waals surface area contributed by atoms with E-state index in [1.54, 1.807) is 13.0 Å². The summed E-state index contributed by atoms with van der Waals surface area (Å²) >= 11 is 0.327. The molecule has 2 aromatic rings. The third-order valence-electron chi connectivity index (χ3n) is 5.79. The molecule has 1 aliphatic rings. The highest BCUT2D eigenvalue weighted by Crippen LogP contribution is 2.44. The van der Waals surface area contributed by atoms with Crippen molar-refractivity contribution >= 4 is 40.3 Å². The second-order valence-corrected chi connectivity index (χ2v) is 11.6. The van der Waals surface area contributed by atoms with E-state index < -0.39 is 51.3 Å². The van der Waals surface area contributed by atoms with Gasteiger partial charge in [-0.2, -0.15) is 31.6 Å². The van der Waals surface area contributed by atoms with Crippen molar-refractivity contribution in [1.82, 2.24) is 9.21 Å². The molecule has 212 valence electrons. The molecule has 39 heavy (non-hydrogen) atoms. The number of carbonyl (C=O) groups is 1. The molecule has 0 saturated carbocycles. The van der Waals surface area contributed by atoms with Gasteiger partial charge in [0.1, 0.15) is 15.2 Å². The Kier molecular flexibility index (Phi) is 8.80. The number of nitrogens with zero attached hydrogens (tertiary/aromatic N) is 5. The van der Waals surface area contributed by atoms with E-state index >= 15 is 0 Å². The summed E-state index contributed by atoms with van der Waals surface area (Å²) in [7, 11) is 0.797. The maximum Gasteiger partial charge on any atom is 0.431 e. The van der Waals surface area contributed by atoms with E-state index in [0.29, 0.717) is 11.3 Å². The Bertz CT molecular complexity index is 1320. The minimum atomic E-state index is -5.42. The van der Waals surface area contributed by atoms with E-state index in [2.05, 4.69) is 4.99 Å². The van der Waals surface area contributed by atoms with Crippen LogP contribution in [0, 0.1) is 11.3 Å². The molecule has 1 fully saturated rings. The molecule has 1 aromatic heterocycles. The van der Waals surface area contributed by atoms with Crippen molar-refractivity contribution in [2.45, 2.75) is 35.1 Å². The Morgan fingerprint density at radius 3 is 2.41 bits per heavy atom. The number of aliphatic hydroxyl groups is 1. The first kappa shape index (κ1) is 30.5. The standard InChI is InChI=1S/C23H23F6N5O3S2/c1-14-12-33(17-5-4-15(11-30)10-16(17)22(24,25)26)8-9-34(14)39(37)19-7-6-18(38-19)21(36,23(27,28)29)20(35)31-13-32(2)3/h4-7,10,13-14,36H,8-9,12H2,1-3H3. The third kappa shape index (κ3) is 6.26. The number of aliphatic imine (C=N–C) groups is 1. The molecule has 1 saturated heterocycles. The maximum absolute atomic E-state index is 13.8. The number of halogens is 6. The van der Waals surface area contributed by atoms with Gasteiger partial charge in [0.15, 0.2) is 0 Å². The Hall–Kier alpha value is -3.00. The summed E-state index contributed by atoms with van der Waals surface area (Å²) in [6.07, 6.45) is -9.33. The predicted molar refractivity (Wildman–Crippen MR) is 132 cm³/mol. The fourth-order valence-electron chi connectivity index (χ4n) is 3.87. The molecule has 3 unspecified atom stereocenters. The van der Waals surface area contributed by atoms with E-state index in [9.17, 15) is 40.5 Å². The van der Waals surface area contributed by atoms with Crippen molar-refractivity contribution in [3.05, 3.63) is 46.3 Å². The molecule has 1 aromatic carbocycles. The van der Waals surface area contributed by atoms with Crippen molar-refractivity contribution in [3.8, 4) is 6.07 Å². The fourth-order valence-corrected chi connectivity index (χ4v) is 6.60. The normalized spacial score (nSPS) is 19.5. The summed E-state index contributed by atoms with van der Waals surface area (Å²) in [5.41, 5.74) is -5.25. The second-order valence-electron chi connectivity index (χ2n) is 8.87. The zero-order valence-corrected chi connectivity index (χ0v) is 22.4. The fraction of sp³-hybridized carbons (Fsp3) is 0.435. The Labute approximate surface area is 226 Å². The lowest BCUT2D eigenvalue weighted by Gasteiger charge is -2.40. The van der Waals surface area contributed by atoms with Crippen LogP contribution in [0.4, 0.5) is 32.0 Å². The summed E-state index contributed by atoms with van der Waals surface area (Å²) in [5, 5.41) is 19.4. The molecule has 2 heterocycles. The van der Waals surface area contributed by atoms with Gasteiger partial charge in [-0.15, -0.1) is 11.3 Å². The lowest BCUT2D eigenvalue weighted by Crippen LogP contribution is -2.52. The average molecular weight is 596 g/mol. The van der Waals surface area contributed by atoms with Crippen LogP contribution in [-0.4, -0.2) is 76.7 Å². The molecule has 3 rings (SSSR count). The van der Waals surface area contributed by atoms with Gasteiger partial charge in [-0.3, -0.25) is 4.79 Å². The number of amides is 1. The van der Waals surface area contributed by atoms with Crippen molar-refractivity contribution in [2.24, 2.45) is 4.99 Å². The van der Waals surface area contributed by atoms with Crippen LogP contribution in [0.15, 0.2) is 39.5 Å². The highest BCUT2D eigenvalue weighted by Gasteiger charge is 2.62. The highest BCUT2D eigenvalue weighted by atomic mass is 32.2. The van der Waals surface area contributed by atoms with Gasteiger partial charge in [0.25, 0.3) is 11.5 Å². The first-order valence-electron chi connectivity index (χ1n) is 11.2. The van der Waals surface area contributed by atoms with Crippen molar-refractivity contribution in [1.29, 1.82) is 5.26 Å². The first-order valence-corrected chi connectivity index (χ1v) is 13.1. The van der Waals surface area contributed by atoms with Crippen molar-refractivity contribution in [3.63, 3.8) is 0 Å². The van der Waals surface area contributed by atoms with Crippen LogP contribution >= 0.6 is 11.3 Å². The Morgan fingerprint density at radius 2 is 1.87 bits per heavy atom. The van der Waals surface area contributed by atoms with Crippen LogP contribution in [0.5, 0.6) is 0 Å². The van der Waals surface area contributed by atoms with Gasteiger partial charge in [0, 0.05) is 45.5 Å². The van der Waals surface area contributed by atoms with Crippen LogP contribution in [0.2, 0.25) is 0 Å². The van der Waals surface area contributed by atoms with E-state index in [1.807, 2.05) is 0 Å². The molecule has 0 bridgehead atoms. The smallest absolute Gasteiger partial charge is 0.369 e. The molecule has 0 spiro atoms. The quantitative estimate of drug-likeness (QED) is 0.311. The van der Waals surface area contributed by atoms with E-state index in [-0.39, 0.29) is 35.1 Å². The average Bonchev–Trinajstić information content (AvgIpc) is 3.35. The number of hydrogen-bond acceptors (Lipinski definition) is 6. The van der Waals surface area contributed by atoms with Crippen LogP contribution in [0.1, 0.15) is 22.9 Å². The summed E-state index contributed by atoms with van der Waals surface area (Å²) in [4.78, 5) is 17.3. The van der Waals surface area contributed by atoms with Crippen LogP contribution < -0.4 is 4.90 Å². The van der Waals surface area contributed by atoms with Gasteiger partial charge in [0.05, 0.1) is 28.4 Å². The molecular weight excluding hydrogens is 572 g/mol. The second kappa shape index (κ2) is 11.2. The minimum absolute atomic E-state index is 0.00315. The topological polar surface area (TPSA) is 100 Å². The summed E-state index contributed by atoms with van der Waals surface area (Å²) < 4.78 is 97.0. The lowest BCUT2D eigenvalue weighted by atomic mass is 10.0. The van der Waals surface area contributed by atoms with Gasteiger partial charge in [-0.1, -0.05) is 0 Å². The number of rotatable bonds is 6. The Balaban J connectivity index is 1.84. The molecule has 1 amide bonds. The van der Waals surface area contributed by atoms with Gasteiger partial charge in [0.2, 0.25) is 0 Å². The molecule has 16 heteroatoms. The number of hydrogen-bond donors (Lipinski definition) is 1. The number of carbonyl (C=O) groups excluding carboxylic acids is 1. The van der Waals surface area contributed by atoms with Crippen LogP contribution in [0.25, 0.3) is 0 Å². The third-order valence-corrected chi connectivity index (χ3v) is 8.90. The first-order chi connectivity index (χ1) is 18.0. The Morgan fingerprint density at radius 1 is 1.21 bits per heavy atom. The van der Waals surface area contributed by atoms with Crippen molar-refractivity contribution < 1.29 is 40.5 Å². The molecular formula is C23H23F6N5O3S2. The van der Waals surface area contributed by atoms with Crippen molar-refractivity contribution in [2.75, 3.05) is 38.6 Å². The van der Waals surface area contributed by atoms with Gasteiger partial charge >= 0.3 is 12.4 Å². The molecule has 0 radical (unpaired) electrons. The summed E-state index contributed by atoms with van der Waals surface area (Å²) in [6.45, 7) is 1.60. The molecule has 8 nitrogen and oxygen atoms in total. The van der Waals surface area contributed by atoms with Gasteiger partial charge in [-0.25, -0.2) is 13.5 Å². The predicted octanol–water partition coefficient (Wildman–Crippen LogP) is 3.74. The zero-order valence-electron chi connectivity index (χ0n) is 20.7. The van der Waals surface area contributed by atoms with E-state index in [0.717, 1.165) is 24.5 Å². The van der Waals surface area contributed by atoms with Gasteiger partial charge < -0.3 is 14.9 Å². The maximum atomic E-state index is 13.8. The number of piperazine rings is 1. The summed E-state index contributed by atoms with van der Waals surface area (Å²) in [6, 6.07) is 6.23. The zero-order chi connectivity index (χ0) is 29.3. The van der Waals surface area contributed by atoms with E-state index in [1.165, 1.54) is 40.3 Å². The highest BCUT2D eigenvalue weighted by molar-refractivity contribution is 7.85. The number of benzene rings is 1. The number of alkyl halides is 6. The molecule has 1 N–H and O–H groups in total.